The largest absolute Gasteiger partial charge is 0.368 e. The molecule has 1 heterocycles. The minimum absolute atomic E-state index is 1.09. The highest BCUT2D eigenvalue weighted by Crippen LogP contribution is 2.44. The number of aryl methyl sites for hydroxylation is 1. The zero-order valence-corrected chi connectivity index (χ0v) is 14.2. The van der Waals surface area contributed by atoms with Crippen LogP contribution in [0.25, 0.3) is 22.2 Å². The van der Waals surface area contributed by atoms with Gasteiger partial charge in [0.05, 0.1) is 0 Å². The van der Waals surface area contributed by atoms with Crippen LogP contribution in [-0.2, 0) is 6.42 Å². The van der Waals surface area contributed by atoms with Gasteiger partial charge in [0, 0.05) is 28.6 Å². The summed E-state index contributed by atoms with van der Waals surface area (Å²) in [5, 5.41) is 1.46. The zero-order valence-electron chi connectivity index (χ0n) is 13.2. The third-order valence-corrected chi connectivity index (χ3v) is 6.34. The van der Waals surface area contributed by atoms with Crippen molar-refractivity contribution in [2.24, 2.45) is 0 Å². The number of rotatable bonds is 1. The first-order valence-electron chi connectivity index (χ1n) is 7.69. The fourth-order valence-corrected chi connectivity index (χ4v) is 5.57. The van der Waals surface area contributed by atoms with Crippen molar-refractivity contribution < 1.29 is 0 Å². The molecule has 0 fully saturated rings. The third kappa shape index (κ3) is 1.75. The summed E-state index contributed by atoms with van der Waals surface area (Å²) in [5.74, 6) is 0. The first-order chi connectivity index (χ1) is 9.97. The van der Waals surface area contributed by atoms with E-state index in [1.165, 1.54) is 38.9 Å². The molecule has 0 N–H and O–H groups in total. The highest BCUT2D eigenvalue weighted by molar-refractivity contribution is 6.75. The summed E-state index contributed by atoms with van der Waals surface area (Å²) in [6.07, 6.45) is 1.09. The van der Waals surface area contributed by atoms with Gasteiger partial charge in [-0.15, -0.1) is 0 Å². The van der Waals surface area contributed by atoms with E-state index in [2.05, 4.69) is 73.3 Å². The van der Waals surface area contributed by atoms with Gasteiger partial charge in [-0.2, -0.15) is 0 Å². The molecule has 0 radical (unpaired) electrons. The van der Waals surface area contributed by atoms with E-state index < -0.39 is 8.24 Å². The lowest BCUT2D eigenvalue weighted by Crippen LogP contribution is -2.32. The molecule has 21 heavy (non-hydrogen) atoms. The summed E-state index contributed by atoms with van der Waals surface area (Å²) in [7, 11) is -1.47. The van der Waals surface area contributed by atoms with E-state index in [4.69, 9.17) is 0 Å². The van der Waals surface area contributed by atoms with Gasteiger partial charge in [-0.05, 0) is 30.2 Å². The average molecular weight is 291 g/mol. The van der Waals surface area contributed by atoms with Crippen LogP contribution in [0.4, 0.5) is 0 Å². The molecule has 0 unspecified atom stereocenters. The normalized spacial score (nSPS) is 13.5. The summed E-state index contributed by atoms with van der Waals surface area (Å²) in [4.78, 5) is 0. The highest BCUT2D eigenvalue weighted by atomic mass is 28.3. The molecule has 1 nitrogen and oxygen atoms in total. The fourth-order valence-electron chi connectivity index (χ4n) is 3.72. The lowest BCUT2D eigenvalue weighted by Gasteiger charge is -2.24. The van der Waals surface area contributed by atoms with Gasteiger partial charge in [-0.1, -0.05) is 55.5 Å². The Morgan fingerprint density at radius 3 is 2.52 bits per heavy atom. The van der Waals surface area contributed by atoms with Crippen LogP contribution in [0.5, 0.6) is 0 Å². The van der Waals surface area contributed by atoms with Crippen molar-refractivity contribution in [3.63, 3.8) is 0 Å². The number of fused-ring (bicyclic) bond motifs is 5. The van der Waals surface area contributed by atoms with Gasteiger partial charge >= 0.3 is 0 Å². The fraction of sp³-hybridized carbons (Fsp3) is 0.263. The van der Waals surface area contributed by atoms with Crippen LogP contribution in [0.15, 0.2) is 42.5 Å². The monoisotopic (exact) mass is 291 g/mol. The van der Waals surface area contributed by atoms with Crippen LogP contribution in [0.3, 0.4) is 0 Å². The van der Waals surface area contributed by atoms with E-state index in [1.54, 1.807) is 0 Å². The minimum atomic E-state index is -1.47. The molecule has 1 aliphatic rings. The second-order valence-corrected chi connectivity index (χ2v) is 12.0. The first-order valence-corrected chi connectivity index (χ1v) is 11.1. The summed E-state index contributed by atoms with van der Waals surface area (Å²) in [6, 6.07) is 15.9. The maximum absolute atomic E-state index is 2.67. The van der Waals surface area contributed by atoms with Crippen molar-refractivity contribution in [2.45, 2.75) is 33.0 Å². The van der Waals surface area contributed by atoms with Crippen molar-refractivity contribution in [3.8, 4) is 11.3 Å². The first kappa shape index (κ1) is 12.9. The molecule has 0 saturated heterocycles. The summed E-state index contributed by atoms with van der Waals surface area (Å²) < 4.78 is 2.67. The van der Waals surface area contributed by atoms with Crippen LogP contribution >= 0.6 is 0 Å². The van der Waals surface area contributed by atoms with Gasteiger partial charge in [0.1, 0.15) is 0 Å². The number of aromatic nitrogens is 1. The molecular formula is C19H21NSi. The van der Waals surface area contributed by atoms with E-state index >= 15 is 0 Å². The van der Waals surface area contributed by atoms with Gasteiger partial charge in [0.25, 0.3) is 0 Å². The molecule has 0 spiro atoms. The maximum atomic E-state index is 2.67. The molecule has 0 aliphatic heterocycles. The summed E-state index contributed by atoms with van der Waals surface area (Å²) in [5.41, 5.74) is 8.75. The summed E-state index contributed by atoms with van der Waals surface area (Å²) in [6.45, 7) is 9.51. The van der Waals surface area contributed by atoms with E-state index in [0.29, 0.717) is 0 Å². The van der Waals surface area contributed by atoms with Crippen LogP contribution in [0.1, 0.15) is 16.7 Å². The number of nitrogens with zero attached hydrogens (tertiary/aromatic N) is 1. The smallest absolute Gasteiger partial charge is 0.153 e. The van der Waals surface area contributed by atoms with Gasteiger partial charge < -0.3 is 4.23 Å². The second-order valence-electron chi connectivity index (χ2n) is 7.19. The van der Waals surface area contributed by atoms with E-state index in [0.717, 1.165) is 6.42 Å². The Kier molecular flexibility index (Phi) is 2.52. The Morgan fingerprint density at radius 2 is 1.76 bits per heavy atom. The molecule has 1 aliphatic carbocycles. The highest BCUT2D eigenvalue weighted by Gasteiger charge is 2.31. The Balaban J connectivity index is 2.18. The Morgan fingerprint density at radius 1 is 1.00 bits per heavy atom. The predicted octanol–water partition coefficient (Wildman–Crippen LogP) is 5.20. The molecule has 2 aromatic carbocycles. The van der Waals surface area contributed by atoms with Crippen LogP contribution in [0, 0.1) is 6.92 Å². The maximum Gasteiger partial charge on any atom is 0.153 e. The average Bonchev–Trinajstić information content (AvgIpc) is 2.92. The molecule has 1 aromatic heterocycles. The molecule has 0 amide bonds. The van der Waals surface area contributed by atoms with Gasteiger partial charge in [0.2, 0.25) is 0 Å². The predicted molar refractivity (Wildman–Crippen MR) is 93.7 cm³/mol. The second kappa shape index (κ2) is 4.11. The van der Waals surface area contributed by atoms with Crippen LogP contribution in [0.2, 0.25) is 19.6 Å². The van der Waals surface area contributed by atoms with Gasteiger partial charge in [-0.25, -0.2) is 0 Å². The van der Waals surface area contributed by atoms with Crippen LogP contribution < -0.4 is 0 Å². The van der Waals surface area contributed by atoms with Crippen molar-refractivity contribution >= 4 is 19.1 Å². The summed E-state index contributed by atoms with van der Waals surface area (Å²) >= 11 is 0. The van der Waals surface area contributed by atoms with E-state index in [1.807, 2.05) is 0 Å². The van der Waals surface area contributed by atoms with E-state index in [-0.39, 0.29) is 0 Å². The molecule has 4 rings (SSSR count). The van der Waals surface area contributed by atoms with Crippen molar-refractivity contribution in [2.75, 3.05) is 0 Å². The quantitative estimate of drug-likeness (QED) is 0.425. The van der Waals surface area contributed by atoms with Crippen molar-refractivity contribution in [3.05, 3.63) is 59.2 Å². The molecular weight excluding hydrogens is 270 g/mol. The SMILES string of the molecule is Cc1ccc2c(c1)c1c(n2[Si](C)(C)C)-c2ccccc2C1. The number of hydrogen-bond donors (Lipinski definition) is 0. The van der Waals surface area contributed by atoms with Crippen molar-refractivity contribution in [1.82, 2.24) is 4.23 Å². The molecule has 106 valence electrons. The standard InChI is InChI=1S/C19H21NSi/c1-13-9-10-18-16(11-13)17-12-14-7-5-6-8-15(14)19(17)20(18)21(2,3)4/h5-11H,12H2,1-4H3. The Bertz CT molecular complexity index is 865. The number of hydrogen-bond acceptors (Lipinski definition) is 0. The Hall–Kier alpha value is -1.80. The lowest BCUT2D eigenvalue weighted by atomic mass is 10.1. The molecule has 0 saturated carbocycles. The number of benzene rings is 2. The third-order valence-electron chi connectivity index (χ3n) is 4.54. The van der Waals surface area contributed by atoms with Gasteiger partial charge in [0.15, 0.2) is 8.24 Å². The minimum Gasteiger partial charge on any atom is -0.368 e. The van der Waals surface area contributed by atoms with E-state index in [9.17, 15) is 0 Å². The molecule has 3 aromatic rings. The van der Waals surface area contributed by atoms with Crippen molar-refractivity contribution in [1.29, 1.82) is 0 Å². The lowest BCUT2D eigenvalue weighted by molar-refractivity contribution is 1.20. The Labute approximate surface area is 127 Å². The topological polar surface area (TPSA) is 4.93 Å². The molecule has 0 atom stereocenters. The molecule has 2 heteroatoms. The van der Waals surface area contributed by atoms with Gasteiger partial charge in [-0.3, -0.25) is 0 Å². The zero-order chi connectivity index (χ0) is 14.8. The molecule has 0 bridgehead atoms. The van der Waals surface area contributed by atoms with Crippen LogP contribution in [-0.4, -0.2) is 12.5 Å².